The van der Waals surface area contributed by atoms with E-state index >= 15 is 0 Å². The average Bonchev–Trinajstić information content (AvgIpc) is 2.38. The molecule has 18 heavy (non-hydrogen) atoms. The molecule has 0 heterocycles. The van der Waals surface area contributed by atoms with Gasteiger partial charge in [0.2, 0.25) is 11.8 Å². The van der Waals surface area contributed by atoms with Gasteiger partial charge < -0.3 is 16.4 Å². The standard InChI is InChI=1S/C13H19N3O2/c1-15-12(17)8-9-16-13(18)7-4-10-2-5-11(14)6-3-10/h2-3,5-6H,4,7-9,14H2,1H3,(H,15,17)(H,16,18). The molecule has 5 nitrogen and oxygen atoms in total. The van der Waals surface area contributed by atoms with Crippen molar-refractivity contribution in [3.63, 3.8) is 0 Å². The van der Waals surface area contributed by atoms with Gasteiger partial charge in [-0.15, -0.1) is 0 Å². The number of rotatable bonds is 6. The molecule has 1 aromatic rings. The lowest BCUT2D eigenvalue weighted by Gasteiger charge is -2.05. The molecule has 0 aromatic heterocycles. The summed E-state index contributed by atoms with van der Waals surface area (Å²) in [5.74, 6) is -0.121. The van der Waals surface area contributed by atoms with Crippen LogP contribution in [0.5, 0.6) is 0 Å². The van der Waals surface area contributed by atoms with Crippen LogP contribution in [0.25, 0.3) is 0 Å². The first-order chi connectivity index (χ1) is 8.61. The molecule has 0 saturated heterocycles. The molecule has 0 radical (unpaired) electrons. The van der Waals surface area contributed by atoms with Gasteiger partial charge in [0.25, 0.3) is 0 Å². The van der Waals surface area contributed by atoms with Gasteiger partial charge in [0, 0.05) is 32.1 Å². The Hall–Kier alpha value is -2.04. The zero-order valence-electron chi connectivity index (χ0n) is 10.5. The molecule has 1 aromatic carbocycles. The van der Waals surface area contributed by atoms with Crippen molar-refractivity contribution in [2.45, 2.75) is 19.3 Å². The number of nitrogens with one attached hydrogen (secondary N) is 2. The van der Waals surface area contributed by atoms with Gasteiger partial charge in [-0.05, 0) is 24.1 Å². The van der Waals surface area contributed by atoms with Gasteiger partial charge in [0.15, 0.2) is 0 Å². The lowest BCUT2D eigenvalue weighted by atomic mass is 10.1. The Balaban J connectivity index is 2.21. The third-order valence-corrected chi connectivity index (χ3v) is 2.57. The maximum atomic E-state index is 11.5. The van der Waals surface area contributed by atoms with Crippen LogP contribution in [0.1, 0.15) is 18.4 Å². The summed E-state index contributed by atoms with van der Waals surface area (Å²) in [7, 11) is 1.57. The van der Waals surface area contributed by atoms with Crippen LogP contribution in [0.2, 0.25) is 0 Å². The van der Waals surface area contributed by atoms with E-state index in [4.69, 9.17) is 5.73 Å². The fraction of sp³-hybridized carbons (Fsp3) is 0.385. The highest BCUT2D eigenvalue weighted by Gasteiger charge is 2.03. The maximum absolute atomic E-state index is 11.5. The molecule has 98 valence electrons. The van der Waals surface area contributed by atoms with E-state index in [1.807, 2.05) is 24.3 Å². The quantitative estimate of drug-likeness (QED) is 0.640. The van der Waals surface area contributed by atoms with Gasteiger partial charge in [0.1, 0.15) is 0 Å². The van der Waals surface area contributed by atoms with E-state index in [0.29, 0.717) is 31.5 Å². The zero-order chi connectivity index (χ0) is 13.4. The summed E-state index contributed by atoms with van der Waals surface area (Å²) < 4.78 is 0. The van der Waals surface area contributed by atoms with Crippen molar-refractivity contribution in [1.82, 2.24) is 10.6 Å². The SMILES string of the molecule is CNC(=O)CCNC(=O)CCc1ccc(N)cc1. The van der Waals surface area contributed by atoms with Gasteiger partial charge in [-0.3, -0.25) is 9.59 Å². The maximum Gasteiger partial charge on any atom is 0.221 e. The number of aryl methyl sites for hydroxylation is 1. The van der Waals surface area contributed by atoms with Crippen molar-refractivity contribution in [3.05, 3.63) is 29.8 Å². The number of nitrogens with two attached hydrogens (primary N) is 1. The number of carbonyl (C=O) groups is 2. The smallest absolute Gasteiger partial charge is 0.221 e. The number of amides is 2. The Morgan fingerprint density at radius 2 is 1.78 bits per heavy atom. The van der Waals surface area contributed by atoms with Crippen LogP contribution < -0.4 is 16.4 Å². The predicted octanol–water partition coefficient (Wildman–Crippen LogP) is 0.454. The largest absolute Gasteiger partial charge is 0.399 e. The number of carbonyl (C=O) groups excluding carboxylic acids is 2. The highest BCUT2D eigenvalue weighted by atomic mass is 16.2. The number of anilines is 1. The van der Waals surface area contributed by atoms with Crippen molar-refractivity contribution >= 4 is 17.5 Å². The van der Waals surface area contributed by atoms with Crippen LogP contribution in [0.4, 0.5) is 5.69 Å². The third-order valence-electron chi connectivity index (χ3n) is 2.57. The third kappa shape index (κ3) is 5.34. The van der Waals surface area contributed by atoms with Crippen LogP contribution in [0.15, 0.2) is 24.3 Å². The molecule has 0 atom stereocenters. The first-order valence-corrected chi connectivity index (χ1v) is 5.93. The van der Waals surface area contributed by atoms with Crippen molar-refractivity contribution in [1.29, 1.82) is 0 Å². The molecule has 0 aliphatic rings. The highest BCUT2D eigenvalue weighted by Crippen LogP contribution is 2.07. The highest BCUT2D eigenvalue weighted by molar-refractivity contribution is 5.78. The van der Waals surface area contributed by atoms with E-state index in [0.717, 1.165) is 5.56 Å². The second kappa shape index (κ2) is 7.32. The zero-order valence-corrected chi connectivity index (χ0v) is 10.5. The predicted molar refractivity (Wildman–Crippen MR) is 70.9 cm³/mol. The minimum Gasteiger partial charge on any atom is -0.399 e. The van der Waals surface area contributed by atoms with Crippen LogP contribution in [0, 0.1) is 0 Å². The molecule has 4 N–H and O–H groups in total. The van der Waals surface area contributed by atoms with E-state index in [9.17, 15) is 9.59 Å². The Bertz CT molecular complexity index is 401. The van der Waals surface area contributed by atoms with Gasteiger partial charge in [-0.2, -0.15) is 0 Å². The molecular weight excluding hydrogens is 230 g/mol. The Kier molecular flexibility index (Phi) is 5.70. The summed E-state index contributed by atoms with van der Waals surface area (Å²) >= 11 is 0. The number of hydrogen-bond acceptors (Lipinski definition) is 3. The first kappa shape index (κ1) is 14.0. The summed E-state index contributed by atoms with van der Waals surface area (Å²) in [6, 6.07) is 7.46. The van der Waals surface area contributed by atoms with Crippen molar-refractivity contribution in [2.75, 3.05) is 19.3 Å². The Morgan fingerprint density at radius 3 is 2.39 bits per heavy atom. The molecule has 0 saturated carbocycles. The van der Waals surface area contributed by atoms with Crippen LogP contribution >= 0.6 is 0 Å². The monoisotopic (exact) mass is 249 g/mol. The average molecular weight is 249 g/mol. The summed E-state index contributed by atoms with van der Waals surface area (Å²) in [6.45, 7) is 0.375. The van der Waals surface area contributed by atoms with Crippen molar-refractivity contribution in [3.8, 4) is 0 Å². The number of hydrogen-bond donors (Lipinski definition) is 3. The van der Waals surface area contributed by atoms with Gasteiger partial charge in [-0.25, -0.2) is 0 Å². The van der Waals surface area contributed by atoms with E-state index in [2.05, 4.69) is 10.6 Å². The van der Waals surface area contributed by atoms with E-state index < -0.39 is 0 Å². The molecule has 0 aliphatic heterocycles. The number of nitrogen functional groups attached to an aromatic ring is 1. The molecule has 0 unspecified atom stereocenters. The normalized spacial score (nSPS) is 9.83. The van der Waals surface area contributed by atoms with Gasteiger partial charge in [-0.1, -0.05) is 12.1 Å². The van der Waals surface area contributed by atoms with Crippen LogP contribution in [0.3, 0.4) is 0 Å². The van der Waals surface area contributed by atoms with Gasteiger partial charge >= 0.3 is 0 Å². The minimum absolute atomic E-state index is 0.0456. The molecule has 0 spiro atoms. The molecular formula is C13H19N3O2. The fourth-order valence-corrected chi connectivity index (χ4v) is 1.47. The fourth-order valence-electron chi connectivity index (χ4n) is 1.47. The summed E-state index contributed by atoms with van der Waals surface area (Å²) in [4.78, 5) is 22.4. The minimum atomic E-state index is -0.0752. The second-order valence-electron chi connectivity index (χ2n) is 4.01. The summed E-state index contributed by atoms with van der Waals surface area (Å²) in [5.41, 5.74) is 7.36. The summed E-state index contributed by atoms with van der Waals surface area (Å²) in [5, 5.41) is 5.20. The molecule has 0 bridgehead atoms. The van der Waals surface area contributed by atoms with Crippen LogP contribution in [-0.2, 0) is 16.0 Å². The first-order valence-electron chi connectivity index (χ1n) is 5.93. The second-order valence-corrected chi connectivity index (χ2v) is 4.01. The van der Waals surface area contributed by atoms with E-state index in [1.54, 1.807) is 7.05 Å². The van der Waals surface area contributed by atoms with Crippen molar-refractivity contribution < 1.29 is 9.59 Å². The number of benzene rings is 1. The Morgan fingerprint density at radius 1 is 1.11 bits per heavy atom. The molecule has 0 aliphatic carbocycles. The topological polar surface area (TPSA) is 84.2 Å². The van der Waals surface area contributed by atoms with Gasteiger partial charge in [0.05, 0.1) is 0 Å². The van der Waals surface area contributed by atoms with E-state index in [-0.39, 0.29) is 11.8 Å². The molecule has 5 heteroatoms. The molecule has 2 amide bonds. The summed E-state index contributed by atoms with van der Waals surface area (Å²) in [6.07, 6.45) is 1.40. The lowest BCUT2D eigenvalue weighted by molar-refractivity contribution is -0.122. The molecule has 0 fully saturated rings. The van der Waals surface area contributed by atoms with E-state index in [1.165, 1.54) is 0 Å². The Labute approximate surface area is 107 Å². The lowest BCUT2D eigenvalue weighted by Crippen LogP contribution is -2.29. The molecule has 1 rings (SSSR count). The van der Waals surface area contributed by atoms with Crippen molar-refractivity contribution in [2.24, 2.45) is 0 Å². The van der Waals surface area contributed by atoms with Crippen LogP contribution in [-0.4, -0.2) is 25.4 Å².